The zero-order valence-corrected chi connectivity index (χ0v) is 20.8. The van der Waals surface area contributed by atoms with Crippen molar-refractivity contribution >= 4 is 23.4 Å². The summed E-state index contributed by atoms with van der Waals surface area (Å²) in [5.41, 5.74) is 4.14. The number of hydrogen-bond acceptors (Lipinski definition) is 5. The van der Waals surface area contributed by atoms with E-state index in [1.807, 2.05) is 55.1 Å². The monoisotopic (exact) mass is 484 g/mol. The number of fused-ring (bicyclic) bond motifs is 1. The van der Waals surface area contributed by atoms with Crippen molar-refractivity contribution in [1.29, 1.82) is 0 Å². The maximum Gasteiger partial charge on any atom is 0.266 e. The molecular formula is C29H28N2O5. The summed E-state index contributed by atoms with van der Waals surface area (Å²) in [6.45, 7) is 4.14. The molecule has 0 saturated heterocycles. The lowest BCUT2D eigenvalue weighted by atomic mass is 10.0. The van der Waals surface area contributed by atoms with Crippen LogP contribution in [0.2, 0.25) is 0 Å². The summed E-state index contributed by atoms with van der Waals surface area (Å²) in [4.78, 5) is 43.2. The van der Waals surface area contributed by atoms with Crippen LogP contribution in [0.3, 0.4) is 0 Å². The van der Waals surface area contributed by atoms with Gasteiger partial charge in [0.2, 0.25) is 0 Å². The van der Waals surface area contributed by atoms with Crippen LogP contribution in [0, 0.1) is 13.8 Å². The minimum Gasteiger partial charge on any atom is -0.497 e. The largest absolute Gasteiger partial charge is 0.497 e. The van der Waals surface area contributed by atoms with Crippen molar-refractivity contribution < 1.29 is 23.9 Å². The Bertz CT molecular complexity index is 1390. The van der Waals surface area contributed by atoms with Gasteiger partial charge >= 0.3 is 0 Å². The van der Waals surface area contributed by atoms with E-state index in [0.717, 1.165) is 29.5 Å². The normalized spacial score (nSPS) is 14.6. The highest BCUT2D eigenvalue weighted by molar-refractivity contribution is 6.35. The van der Waals surface area contributed by atoms with E-state index in [1.54, 1.807) is 32.4 Å². The third-order valence-corrected chi connectivity index (χ3v) is 6.82. The van der Waals surface area contributed by atoms with Gasteiger partial charge in [0.25, 0.3) is 17.7 Å². The smallest absolute Gasteiger partial charge is 0.266 e. The fourth-order valence-electron chi connectivity index (χ4n) is 4.66. The van der Waals surface area contributed by atoms with Gasteiger partial charge in [0, 0.05) is 17.2 Å². The van der Waals surface area contributed by atoms with Crippen molar-refractivity contribution in [2.75, 3.05) is 19.1 Å². The Hall–Kier alpha value is -4.13. The molecule has 1 heterocycles. The molecule has 0 radical (unpaired) electrons. The number of carbonyl (C=O) groups is 3. The van der Waals surface area contributed by atoms with Gasteiger partial charge in [0.1, 0.15) is 11.5 Å². The number of aryl methyl sites for hydroxylation is 2. The van der Waals surface area contributed by atoms with Crippen LogP contribution in [0.25, 0.3) is 0 Å². The van der Waals surface area contributed by atoms with Crippen LogP contribution in [0.1, 0.15) is 60.6 Å². The molecule has 1 fully saturated rings. The number of anilines is 1. The number of ether oxygens (including phenoxy) is 2. The molecule has 2 aliphatic rings. The molecule has 0 bridgehead atoms. The summed E-state index contributed by atoms with van der Waals surface area (Å²) in [6, 6.07) is 16.1. The second kappa shape index (κ2) is 9.15. The zero-order chi connectivity index (χ0) is 25.6. The minimum atomic E-state index is -0.411. The van der Waals surface area contributed by atoms with Crippen LogP contribution < -0.4 is 14.4 Å². The van der Waals surface area contributed by atoms with Gasteiger partial charge in [-0.1, -0.05) is 12.1 Å². The first kappa shape index (κ1) is 23.6. The van der Waals surface area contributed by atoms with Crippen molar-refractivity contribution in [3.63, 3.8) is 0 Å². The Morgan fingerprint density at radius 1 is 0.917 bits per heavy atom. The standard InChI is InChI=1S/C29H28N2O5/c1-17-5-6-18(2)25(13-17)31-28(33)23-11-7-19(15-24(23)29(31)34)27(32)30(21-8-9-21)16-20-14-22(35-3)10-12-26(20)36-4/h5-7,10-15,21H,8-9,16H2,1-4H3. The highest BCUT2D eigenvalue weighted by Crippen LogP contribution is 2.35. The van der Waals surface area contributed by atoms with Crippen molar-refractivity contribution in [3.8, 4) is 11.5 Å². The molecule has 7 nitrogen and oxygen atoms in total. The van der Waals surface area contributed by atoms with Gasteiger partial charge in [0.15, 0.2) is 0 Å². The molecule has 0 atom stereocenters. The predicted molar refractivity (Wildman–Crippen MR) is 136 cm³/mol. The van der Waals surface area contributed by atoms with Crippen LogP contribution in [-0.2, 0) is 6.54 Å². The second-order valence-corrected chi connectivity index (χ2v) is 9.34. The maximum absolute atomic E-state index is 13.7. The number of rotatable bonds is 7. The second-order valence-electron chi connectivity index (χ2n) is 9.34. The summed E-state index contributed by atoms with van der Waals surface area (Å²) in [6.07, 6.45) is 1.83. The average Bonchev–Trinajstić information content (AvgIpc) is 3.70. The summed E-state index contributed by atoms with van der Waals surface area (Å²) < 4.78 is 10.9. The fraction of sp³-hybridized carbons (Fsp3) is 0.276. The molecule has 3 amide bonds. The Labute approximate surface area is 210 Å². The van der Waals surface area contributed by atoms with Crippen molar-refractivity contribution in [1.82, 2.24) is 4.90 Å². The van der Waals surface area contributed by atoms with Gasteiger partial charge < -0.3 is 14.4 Å². The molecule has 1 saturated carbocycles. The van der Waals surface area contributed by atoms with E-state index in [-0.39, 0.29) is 23.4 Å². The van der Waals surface area contributed by atoms with Crippen LogP contribution in [-0.4, -0.2) is 42.9 Å². The van der Waals surface area contributed by atoms with Gasteiger partial charge in [-0.15, -0.1) is 0 Å². The predicted octanol–water partition coefficient (Wildman–Crippen LogP) is 4.93. The summed E-state index contributed by atoms with van der Waals surface area (Å²) in [5, 5.41) is 0. The number of amides is 3. The first-order valence-corrected chi connectivity index (χ1v) is 11.9. The summed E-state index contributed by atoms with van der Waals surface area (Å²) >= 11 is 0. The Balaban J connectivity index is 1.46. The van der Waals surface area contributed by atoms with Crippen LogP contribution in [0.5, 0.6) is 11.5 Å². The molecular weight excluding hydrogens is 456 g/mol. The Kier molecular flexibility index (Phi) is 6.00. The Morgan fingerprint density at radius 3 is 2.36 bits per heavy atom. The molecule has 7 heteroatoms. The van der Waals surface area contributed by atoms with Gasteiger partial charge in [-0.05, 0) is 80.3 Å². The topological polar surface area (TPSA) is 76.2 Å². The molecule has 0 N–H and O–H groups in total. The number of benzene rings is 3. The molecule has 0 aromatic heterocycles. The van der Waals surface area contributed by atoms with Crippen LogP contribution in [0.15, 0.2) is 54.6 Å². The molecule has 36 heavy (non-hydrogen) atoms. The lowest BCUT2D eigenvalue weighted by molar-refractivity contribution is 0.0728. The molecule has 5 rings (SSSR count). The van der Waals surface area contributed by atoms with E-state index in [1.165, 1.54) is 4.90 Å². The zero-order valence-electron chi connectivity index (χ0n) is 20.8. The minimum absolute atomic E-state index is 0.116. The number of imide groups is 1. The third-order valence-electron chi connectivity index (χ3n) is 6.82. The number of hydrogen-bond donors (Lipinski definition) is 0. The van der Waals surface area contributed by atoms with E-state index in [4.69, 9.17) is 9.47 Å². The van der Waals surface area contributed by atoms with E-state index in [2.05, 4.69) is 0 Å². The average molecular weight is 485 g/mol. The van der Waals surface area contributed by atoms with Crippen LogP contribution >= 0.6 is 0 Å². The SMILES string of the molecule is COc1ccc(OC)c(CN(C(=O)c2ccc3c(c2)C(=O)N(c2cc(C)ccc2C)C3=O)C2CC2)c1. The lowest BCUT2D eigenvalue weighted by Gasteiger charge is -2.24. The van der Waals surface area contributed by atoms with Crippen molar-refractivity contribution in [3.05, 3.63) is 88.0 Å². The molecule has 3 aromatic rings. The highest BCUT2D eigenvalue weighted by Gasteiger charge is 2.39. The maximum atomic E-state index is 13.7. The molecule has 1 aliphatic heterocycles. The van der Waals surface area contributed by atoms with Crippen LogP contribution in [0.4, 0.5) is 5.69 Å². The van der Waals surface area contributed by atoms with Crippen molar-refractivity contribution in [2.45, 2.75) is 39.3 Å². The van der Waals surface area contributed by atoms with E-state index in [9.17, 15) is 14.4 Å². The number of carbonyl (C=O) groups excluding carboxylic acids is 3. The Morgan fingerprint density at radius 2 is 1.67 bits per heavy atom. The first-order chi connectivity index (χ1) is 17.3. The fourth-order valence-corrected chi connectivity index (χ4v) is 4.66. The summed E-state index contributed by atoms with van der Waals surface area (Å²) in [5.74, 6) is 0.388. The number of methoxy groups -OCH3 is 2. The summed E-state index contributed by atoms with van der Waals surface area (Å²) in [7, 11) is 3.19. The third kappa shape index (κ3) is 4.11. The van der Waals surface area contributed by atoms with E-state index >= 15 is 0 Å². The van der Waals surface area contributed by atoms with Crippen molar-refractivity contribution in [2.24, 2.45) is 0 Å². The molecule has 0 spiro atoms. The highest BCUT2D eigenvalue weighted by atomic mass is 16.5. The molecule has 3 aromatic carbocycles. The quantitative estimate of drug-likeness (QED) is 0.445. The number of nitrogens with zero attached hydrogens (tertiary/aromatic N) is 2. The first-order valence-electron chi connectivity index (χ1n) is 11.9. The van der Waals surface area contributed by atoms with Gasteiger partial charge in [-0.3, -0.25) is 14.4 Å². The molecule has 184 valence electrons. The molecule has 0 unspecified atom stereocenters. The lowest BCUT2D eigenvalue weighted by Crippen LogP contribution is -2.33. The van der Waals surface area contributed by atoms with Gasteiger partial charge in [0.05, 0.1) is 37.6 Å². The van der Waals surface area contributed by atoms with Gasteiger partial charge in [-0.2, -0.15) is 0 Å². The molecule has 1 aliphatic carbocycles. The van der Waals surface area contributed by atoms with Gasteiger partial charge in [-0.25, -0.2) is 4.90 Å². The van der Waals surface area contributed by atoms with E-state index < -0.39 is 5.91 Å². The van der Waals surface area contributed by atoms with E-state index in [0.29, 0.717) is 34.9 Å².